The molecule has 1 unspecified atom stereocenters. The maximum absolute atomic E-state index is 10.6. The third-order valence-corrected chi connectivity index (χ3v) is 4.07. The van der Waals surface area contributed by atoms with E-state index in [4.69, 9.17) is 22.1 Å². The van der Waals surface area contributed by atoms with E-state index in [2.05, 4.69) is 15.0 Å². The number of aliphatic hydroxyl groups excluding tert-OH is 1. The van der Waals surface area contributed by atoms with Crippen LogP contribution in [0.1, 0.15) is 26.5 Å². The Labute approximate surface area is 125 Å². The van der Waals surface area contributed by atoms with Gasteiger partial charge in [0.15, 0.2) is 17.0 Å². The van der Waals surface area contributed by atoms with Crippen molar-refractivity contribution in [2.75, 3.05) is 5.73 Å². The summed E-state index contributed by atoms with van der Waals surface area (Å²) in [5.74, 6) is -0.000482. The molecule has 3 heterocycles. The van der Waals surface area contributed by atoms with Crippen molar-refractivity contribution in [1.29, 1.82) is 0 Å². The van der Waals surface area contributed by atoms with Crippen LogP contribution in [0.4, 0.5) is 5.95 Å². The predicted octanol–water partition coefficient (Wildman–Crippen LogP) is 0.481. The van der Waals surface area contributed by atoms with Crippen LogP contribution in [0.5, 0.6) is 0 Å². The molecule has 0 bridgehead atoms. The fraction of sp³-hybridized carbons (Fsp3) is 0.583. The highest BCUT2D eigenvalue weighted by Crippen LogP contribution is 2.40. The first-order valence-corrected chi connectivity index (χ1v) is 6.95. The van der Waals surface area contributed by atoms with Crippen LogP contribution in [0.25, 0.3) is 11.2 Å². The van der Waals surface area contributed by atoms with Crippen molar-refractivity contribution < 1.29 is 14.9 Å². The second-order valence-corrected chi connectivity index (χ2v) is 5.66. The third kappa shape index (κ3) is 2.06. The Hall–Kier alpha value is -1.48. The van der Waals surface area contributed by atoms with E-state index in [9.17, 15) is 10.2 Å². The Morgan fingerprint density at radius 2 is 2.24 bits per heavy atom. The van der Waals surface area contributed by atoms with E-state index in [1.807, 2.05) is 6.92 Å². The number of ether oxygens (including phenoxy) is 1. The van der Waals surface area contributed by atoms with Crippen LogP contribution in [0.3, 0.4) is 0 Å². The molecule has 0 amide bonds. The molecule has 1 saturated heterocycles. The molecule has 0 radical (unpaired) electrons. The minimum atomic E-state index is -1.49. The molecule has 8 nitrogen and oxygen atoms in total. The first kappa shape index (κ1) is 14.5. The highest BCUT2D eigenvalue weighted by Gasteiger charge is 2.52. The molecule has 1 aliphatic rings. The molecule has 9 heteroatoms. The Morgan fingerprint density at radius 3 is 2.86 bits per heavy atom. The van der Waals surface area contributed by atoms with Gasteiger partial charge in [-0.25, -0.2) is 4.98 Å². The number of aromatic nitrogens is 4. The summed E-state index contributed by atoms with van der Waals surface area (Å²) >= 11 is 5.98. The molecule has 0 saturated carbocycles. The fourth-order valence-electron chi connectivity index (χ4n) is 2.64. The highest BCUT2D eigenvalue weighted by atomic mass is 35.5. The summed E-state index contributed by atoms with van der Waals surface area (Å²) in [5, 5.41) is 20.9. The molecule has 0 aliphatic carbocycles. The second-order valence-electron chi connectivity index (χ2n) is 5.30. The number of nitrogens with zero attached hydrogens (tertiary/aromatic N) is 4. The van der Waals surface area contributed by atoms with Crippen LogP contribution in [0.2, 0.25) is 5.15 Å². The van der Waals surface area contributed by atoms with Crippen molar-refractivity contribution in [3.05, 3.63) is 11.5 Å². The minimum Gasteiger partial charge on any atom is -0.387 e. The minimum absolute atomic E-state index is 0.000482. The number of imidazole rings is 1. The van der Waals surface area contributed by atoms with E-state index in [-0.39, 0.29) is 11.1 Å². The SMILES string of the molecule is CC[C@H]1O[C@@H](n2cnc3c(Cl)nc(N)nc32)[C@](C)(O)C1O. The van der Waals surface area contributed by atoms with Crippen LogP contribution in [0.15, 0.2) is 6.33 Å². The van der Waals surface area contributed by atoms with Crippen molar-refractivity contribution in [2.24, 2.45) is 0 Å². The van der Waals surface area contributed by atoms with Crippen LogP contribution in [-0.4, -0.2) is 47.5 Å². The molecule has 114 valence electrons. The number of hydrogen-bond acceptors (Lipinski definition) is 7. The molecule has 3 rings (SSSR count). The molecule has 4 N–H and O–H groups in total. The Kier molecular flexibility index (Phi) is 3.28. The van der Waals surface area contributed by atoms with E-state index in [1.54, 1.807) is 0 Å². The number of anilines is 1. The van der Waals surface area contributed by atoms with E-state index in [1.165, 1.54) is 17.8 Å². The lowest BCUT2D eigenvalue weighted by atomic mass is 9.95. The molecular formula is C12H16ClN5O3. The highest BCUT2D eigenvalue weighted by molar-refractivity contribution is 6.33. The number of hydrogen-bond donors (Lipinski definition) is 3. The van der Waals surface area contributed by atoms with Crippen LogP contribution < -0.4 is 5.73 Å². The standard InChI is InChI=1S/C12H16ClN5O3/c1-3-5-7(19)12(2,20)10(21-5)18-4-15-6-8(13)16-11(14)17-9(6)18/h4-5,7,10,19-20H,3H2,1-2H3,(H2,14,16,17)/t5-,7?,10-,12-/m1/s1. The second kappa shape index (κ2) is 4.77. The molecule has 2 aromatic rings. The number of aliphatic hydroxyl groups is 2. The molecule has 21 heavy (non-hydrogen) atoms. The summed E-state index contributed by atoms with van der Waals surface area (Å²) in [6.45, 7) is 3.38. The zero-order valence-electron chi connectivity index (χ0n) is 11.6. The summed E-state index contributed by atoms with van der Waals surface area (Å²) < 4.78 is 7.26. The molecule has 1 fully saturated rings. The summed E-state index contributed by atoms with van der Waals surface area (Å²) in [5.41, 5.74) is 4.82. The smallest absolute Gasteiger partial charge is 0.223 e. The fourth-order valence-corrected chi connectivity index (χ4v) is 2.86. The average Bonchev–Trinajstić information content (AvgIpc) is 2.91. The quantitative estimate of drug-likeness (QED) is 0.690. The van der Waals surface area contributed by atoms with Crippen LogP contribution in [-0.2, 0) is 4.74 Å². The number of rotatable bonds is 2. The van der Waals surface area contributed by atoms with E-state index in [0.29, 0.717) is 17.6 Å². The van der Waals surface area contributed by atoms with Gasteiger partial charge in [-0.3, -0.25) is 4.57 Å². The first-order chi connectivity index (χ1) is 9.86. The number of nitrogens with two attached hydrogens (primary N) is 1. The van der Waals surface area contributed by atoms with Gasteiger partial charge in [0, 0.05) is 0 Å². The zero-order valence-corrected chi connectivity index (χ0v) is 12.3. The van der Waals surface area contributed by atoms with Gasteiger partial charge in [-0.2, -0.15) is 9.97 Å². The molecule has 4 atom stereocenters. The van der Waals surface area contributed by atoms with Crippen LogP contribution >= 0.6 is 11.6 Å². The van der Waals surface area contributed by atoms with Gasteiger partial charge in [-0.1, -0.05) is 18.5 Å². The lowest BCUT2D eigenvalue weighted by molar-refractivity contribution is -0.0940. The topological polar surface area (TPSA) is 119 Å². The van der Waals surface area contributed by atoms with E-state index in [0.717, 1.165) is 0 Å². The number of nitrogen functional groups attached to an aromatic ring is 1. The monoisotopic (exact) mass is 313 g/mol. The van der Waals surface area contributed by atoms with Crippen molar-refractivity contribution >= 4 is 28.7 Å². The van der Waals surface area contributed by atoms with Crippen molar-refractivity contribution in [3.8, 4) is 0 Å². The summed E-state index contributed by atoms with van der Waals surface area (Å²) in [4.78, 5) is 12.0. The normalized spacial score (nSPS) is 32.9. The third-order valence-electron chi connectivity index (χ3n) is 3.81. The summed E-state index contributed by atoms with van der Waals surface area (Å²) in [7, 11) is 0. The Bertz CT molecular complexity index is 689. The molecule has 2 aromatic heterocycles. The van der Waals surface area contributed by atoms with Crippen molar-refractivity contribution in [3.63, 3.8) is 0 Å². The maximum atomic E-state index is 10.6. The van der Waals surface area contributed by atoms with Crippen molar-refractivity contribution in [1.82, 2.24) is 19.5 Å². The van der Waals surface area contributed by atoms with Gasteiger partial charge >= 0.3 is 0 Å². The molecule has 0 aromatic carbocycles. The Balaban J connectivity index is 2.13. The predicted molar refractivity (Wildman–Crippen MR) is 75.6 cm³/mol. The van der Waals surface area contributed by atoms with Gasteiger partial charge in [-0.15, -0.1) is 0 Å². The molecule has 0 spiro atoms. The summed E-state index contributed by atoms with van der Waals surface area (Å²) in [6.07, 6.45) is -0.322. The Morgan fingerprint density at radius 1 is 1.52 bits per heavy atom. The zero-order chi connectivity index (χ0) is 15.4. The number of fused-ring (bicyclic) bond motifs is 1. The van der Waals surface area contributed by atoms with Gasteiger partial charge < -0.3 is 20.7 Å². The van der Waals surface area contributed by atoms with E-state index >= 15 is 0 Å². The summed E-state index contributed by atoms with van der Waals surface area (Å²) in [6, 6.07) is 0. The van der Waals surface area contributed by atoms with Crippen molar-refractivity contribution in [2.45, 2.75) is 44.3 Å². The first-order valence-electron chi connectivity index (χ1n) is 6.57. The maximum Gasteiger partial charge on any atom is 0.223 e. The largest absolute Gasteiger partial charge is 0.387 e. The van der Waals surface area contributed by atoms with Gasteiger partial charge in [0.05, 0.1) is 12.4 Å². The van der Waals surface area contributed by atoms with Crippen LogP contribution in [0, 0.1) is 0 Å². The lowest BCUT2D eigenvalue weighted by Crippen LogP contribution is -2.43. The molecule has 1 aliphatic heterocycles. The van der Waals surface area contributed by atoms with E-state index < -0.39 is 24.0 Å². The van der Waals surface area contributed by atoms with Gasteiger partial charge in [-0.05, 0) is 13.3 Å². The van der Waals surface area contributed by atoms with Gasteiger partial charge in [0.1, 0.15) is 17.2 Å². The lowest BCUT2D eigenvalue weighted by Gasteiger charge is -2.27. The number of halogens is 1. The van der Waals surface area contributed by atoms with Gasteiger partial charge in [0.25, 0.3) is 0 Å². The average molecular weight is 314 g/mol. The molecular weight excluding hydrogens is 298 g/mol. The van der Waals surface area contributed by atoms with Gasteiger partial charge in [0.2, 0.25) is 5.95 Å².